The summed E-state index contributed by atoms with van der Waals surface area (Å²) in [5, 5.41) is 68.4. The SMILES string of the molecule is CC(C)C[C@H](NC(=O)[C@H](CCCCN)NC(=O)[C@H](CC(C)C)NC(=O)[C@@H](N)CO)C(=O)N[C@@H](CCC(=O)O)C(=O)N[C@@H](CC(=O)O)C(=O)N[C@@H](CC(C)C)C(=O)N1CCC[C@H]1C(=O)N[C@H](C(=O)N[C@H](C(=O)O)C(C)C)[C@@H](C)O. The lowest BCUT2D eigenvalue weighted by Gasteiger charge is -2.32. The summed E-state index contributed by atoms with van der Waals surface area (Å²) in [6.45, 7) is 14.2. The number of amides is 9. The minimum atomic E-state index is -1.95. The van der Waals surface area contributed by atoms with Crippen molar-refractivity contribution < 1.29 is 83.1 Å². The molecule has 444 valence electrons. The molecular formula is C50H87N11O17. The van der Waals surface area contributed by atoms with E-state index in [1.54, 1.807) is 55.4 Å². The molecular weight excluding hydrogens is 1030 g/mol. The van der Waals surface area contributed by atoms with Gasteiger partial charge in [-0.25, -0.2) is 4.79 Å². The summed E-state index contributed by atoms with van der Waals surface area (Å²) < 4.78 is 0. The van der Waals surface area contributed by atoms with Crippen LogP contribution in [0.1, 0.15) is 133 Å². The molecule has 17 N–H and O–H groups in total. The molecule has 78 heavy (non-hydrogen) atoms. The first-order valence-electron chi connectivity index (χ1n) is 26.5. The van der Waals surface area contributed by atoms with Gasteiger partial charge in [0.25, 0.3) is 0 Å². The Morgan fingerprint density at radius 3 is 1.44 bits per heavy atom. The van der Waals surface area contributed by atoms with Crippen molar-refractivity contribution in [1.82, 2.24) is 47.4 Å². The number of hydrogen-bond donors (Lipinski definition) is 15. The fourth-order valence-electron chi connectivity index (χ4n) is 8.42. The summed E-state index contributed by atoms with van der Waals surface area (Å²) >= 11 is 0. The molecule has 28 heteroatoms. The van der Waals surface area contributed by atoms with E-state index >= 15 is 0 Å². The van der Waals surface area contributed by atoms with E-state index in [4.69, 9.17) is 11.5 Å². The largest absolute Gasteiger partial charge is 0.481 e. The van der Waals surface area contributed by atoms with Gasteiger partial charge in [-0.1, -0.05) is 55.4 Å². The van der Waals surface area contributed by atoms with Crippen LogP contribution in [0.2, 0.25) is 0 Å². The Morgan fingerprint density at radius 2 is 0.987 bits per heavy atom. The molecule has 0 saturated carbocycles. The van der Waals surface area contributed by atoms with Crippen molar-refractivity contribution in [2.75, 3.05) is 19.7 Å². The Kier molecular flexibility index (Phi) is 30.6. The van der Waals surface area contributed by atoms with E-state index in [1.807, 2.05) is 0 Å². The summed E-state index contributed by atoms with van der Waals surface area (Å²) in [6, 6.07) is -14.6. The maximum absolute atomic E-state index is 14.3. The smallest absolute Gasteiger partial charge is 0.326 e. The number of likely N-dealkylation sites (tertiary alicyclic amines) is 1. The zero-order valence-corrected chi connectivity index (χ0v) is 46.3. The van der Waals surface area contributed by atoms with Gasteiger partial charge in [-0.15, -0.1) is 0 Å². The second kappa shape index (κ2) is 34.4. The first-order valence-corrected chi connectivity index (χ1v) is 26.5. The maximum atomic E-state index is 14.3. The van der Waals surface area contributed by atoms with Gasteiger partial charge in [-0.3, -0.25) is 52.7 Å². The van der Waals surface area contributed by atoms with Crippen molar-refractivity contribution in [1.29, 1.82) is 0 Å². The minimum absolute atomic E-state index is 0.0104. The standard InChI is InChI=1S/C50H87N11O17/c1-24(2)19-32(55-41(68)29(52)23-62)44(71)53-30(13-10-11-17-51)42(69)56-33(20-25(3)4)45(72)54-31(15-16-37(64)65)43(70)57-34(22-38(66)67)46(73)58-35(21-26(5)6)49(76)61-18-12-14-36(61)47(74)60-40(28(9)63)48(75)59-39(27(7)8)50(77)78/h24-36,39-40,62-63H,10-23,51-52H2,1-9H3,(H,53,71)(H,54,72)(H,55,68)(H,56,69)(H,57,70)(H,58,73)(H,59,75)(H,60,74)(H,64,65)(H,66,67)(H,77,78)/t28-,29+,30+,31+,32+,33+,34+,35+,36+,39+,40+/m1/s1. The van der Waals surface area contributed by atoms with Crippen LogP contribution in [0.15, 0.2) is 0 Å². The van der Waals surface area contributed by atoms with Crippen LogP contribution >= 0.6 is 0 Å². The van der Waals surface area contributed by atoms with Crippen molar-refractivity contribution in [2.24, 2.45) is 35.1 Å². The number of unbranched alkanes of at least 4 members (excludes halogenated alkanes) is 1. The molecule has 1 rings (SSSR count). The molecule has 0 bridgehead atoms. The van der Waals surface area contributed by atoms with Gasteiger partial charge in [0, 0.05) is 13.0 Å². The second-order valence-corrected chi connectivity index (χ2v) is 21.3. The summed E-state index contributed by atoms with van der Waals surface area (Å²) in [5.74, 6) is -14.1. The third-order valence-corrected chi connectivity index (χ3v) is 12.5. The molecule has 28 nitrogen and oxygen atoms in total. The van der Waals surface area contributed by atoms with Crippen molar-refractivity contribution in [3.63, 3.8) is 0 Å². The lowest BCUT2D eigenvalue weighted by Crippen LogP contribution is -2.61. The monoisotopic (exact) mass is 1110 g/mol. The average molecular weight is 1110 g/mol. The molecule has 0 unspecified atom stereocenters. The van der Waals surface area contributed by atoms with E-state index in [2.05, 4.69) is 42.5 Å². The zero-order valence-electron chi connectivity index (χ0n) is 46.3. The summed E-state index contributed by atoms with van der Waals surface area (Å²) in [7, 11) is 0. The Hall–Kier alpha value is -6.52. The fraction of sp³-hybridized carbons (Fsp3) is 0.760. The van der Waals surface area contributed by atoms with Gasteiger partial charge < -0.3 is 84.4 Å². The number of nitrogens with two attached hydrogens (primary N) is 2. The molecule has 0 radical (unpaired) electrons. The number of nitrogens with zero attached hydrogens (tertiary/aromatic N) is 1. The molecule has 1 aliphatic heterocycles. The molecule has 0 aliphatic carbocycles. The van der Waals surface area contributed by atoms with Crippen molar-refractivity contribution in [3.8, 4) is 0 Å². The van der Waals surface area contributed by atoms with Crippen LogP contribution in [-0.4, -0.2) is 188 Å². The van der Waals surface area contributed by atoms with E-state index < -0.39 is 169 Å². The van der Waals surface area contributed by atoms with Crippen LogP contribution in [0.25, 0.3) is 0 Å². The number of aliphatic hydroxyl groups excluding tert-OH is 2. The first kappa shape index (κ1) is 69.5. The lowest BCUT2D eigenvalue weighted by atomic mass is 9.99. The second-order valence-electron chi connectivity index (χ2n) is 21.3. The highest BCUT2D eigenvalue weighted by molar-refractivity contribution is 5.99. The molecule has 9 amide bonds. The molecule has 1 fully saturated rings. The van der Waals surface area contributed by atoms with Crippen LogP contribution in [-0.2, 0) is 57.5 Å². The number of carbonyl (C=O) groups is 12. The van der Waals surface area contributed by atoms with Crippen molar-refractivity contribution in [3.05, 3.63) is 0 Å². The van der Waals surface area contributed by atoms with Crippen LogP contribution in [0, 0.1) is 23.7 Å². The third kappa shape index (κ3) is 24.4. The minimum Gasteiger partial charge on any atom is -0.481 e. The van der Waals surface area contributed by atoms with Gasteiger partial charge in [0.1, 0.15) is 60.4 Å². The molecule has 0 aromatic rings. The van der Waals surface area contributed by atoms with Crippen LogP contribution in [0.4, 0.5) is 0 Å². The predicted octanol–water partition coefficient (Wildman–Crippen LogP) is -3.10. The average Bonchev–Trinajstić information content (AvgIpc) is 3.83. The number of aliphatic hydroxyl groups is 2. The highest BCUT2D eigenvalue weighted by Gasteiger charge is 2.42. The van der Waals surface area contributed by atoms with E-state index in [1.165, 1.54) is 6.92 Å². The number of nitrogens with one attached hydrogen (secondary N) is 8. The molecule has 0 spiro atoms. The number of carboxylic acid groups (broad SMARTS) is 3. The van der Waals surface area contributed by atoms with E-state index in [0.29, 0.717) is 12.8 Å². The first-order chi connectivity index (χ1) is 36.3. The van der Waals surface area contributed by atoms with E-state index in [0.717, 1.165) is 4.90 Å². The Labute approximate surface area is 454 Å². The summed E-state index contributed by atoms with van der Waals surface area (Å²) in [6.07, 6.45) is -2.76. The molecule has 11 atom stereocenters. The highest BCUT2D eigenvalue weighted by Crippen LogP contribution is 2.22. The normalized spacial score (nSPS) is 17.2. The summed E-state index contributed by atoms with van der Waals surface area (Å²) in [4.78, 5) is 161. The molecule has 1 heterocycles. The van der Waals surface area contributed by atoms with Crippen LogP contribution in [0.3, 0.4) is 0 Å². The van der Waals surface area contributed by atoms with Gasteiger partial charge in [0.15, 0.2) is 0 Å². The Balaban J connectivity index is 3.52. The molecule has 1 aliphatic rings. The number of rotatable bonds is 36. The van der Waals surface area contributed by atoms with Crippen molar-refractivity contribution in [2.45, 2.75) is 199 Å². The van der Waals surface area contributed by atoms with Gasteiger partial charge in [0.2, 0.25) is 53.2 Å². The number of hydrogen-bond acceptors (Lipinski definition) is 16. The summed E-state index contributed by atoms with van der Waals surface area (Å²) in [5.41, 5.74) is 11.3. The molecule has 0 aromatic heterocycles. The Bertz CT molecular complexity index is 2070. The topological polar surface area (TPSA) is 458 Å². The number of aliphatic carboxylic acids is 3. The van der Waals surface area contributed by atoms with Gasteiger partial charge in [-0.05, 0) is 94.9 Å². The van der Waals surface area contributed by atoms with Gasteiger partial charge in [-0.2, -0.15) is 0 Å². The number of carbonyl (C=O) groups excluding carboxylic acids is 9. The maximum Gasteiger partial charge on any atom is 0.326 e. The van der Waals surface area contributed by atoms with Crippen LogP contribution in [0.5, 0.6) is 0 Å². The number of carboxylic acids is 3. The quantitative estimate of drug-likeness (QED) is 0.0276. The molecule has 1 saturated heterocycles. The van der Waals surface area contributed by atoms with Crippen LogP contribution < -0.4 is 54.0 Å². The van der Waals surface area contributed by atoms with E-state index in [9.17, 15) is 83.1 Å². The molecule has 0 aromatic carbocycles. The van der Waals surface area contributed by atoms with Crippen molar-refractivity contribution >= 4 is 71.1 Å². The highest BCUT2D eigenvalue weighted by atomic mass is 16.4. The Morgan fingerprint density at radius 1 is 0.538 bits per heavy atom. The fourth-order valence-corrected chi connectivity index (χ4v) is 8.42. The van der Waals surface area contributed by atoms with Gasteiger partial charge >= 0.3 is 17.9 Å². The lowest BCUT2D eigenvalue weighted by molar-refractivity contribution is -0.145. The van der Waals surface area contributed by atoms with E-state index in [-0.39, 0.29) is 69.4 Å². The zero-order chi connectivity index (χ0) is 59.7. The third-order valence-electron chi connectivity index (χ3n) is 12.5. The predicted molar refractivity (Wildman–Crippen MR) is 280 cm³/mol. The van der Waals surface area contributed by atoms with Gasteiger partial charge in [0.05, 0.1) is 19.1 Å².